The number of hydrogen-bond acceptors (Lipinski definition) is 3. The molecule has 0 aliphatic heterocycles. The summed E-state index contributed by atoms with van der Waals surface area (Å²) in [5.41, 5.74) is 7.04. The Morgan fingerprint density at radius 2 is 1.95 bits per heavy atom. The first-order valence-electron chi connectivity index (χ1n) is 6.66. The average molecular weight is 272 g/mol. The van der Waals surface area contributed by atoms with Crippen molar-refractivity contribution in [3.63, 3.8) is 0 Å². The van der Waals surface area contributed by atoms with Gasteiger partial charge in [-0.3, -0.25) is 4.79 Å². The number of nitrogens with two attached hydrogens (primary N) is 1. The summed E-state index contributed by atoms with van der Waals surface area (Å²) < 4.78 is 5.47. The molecule has 1 aromatic heterocycles. The lowest BCUT2D eigenvalue weighted by Crippen LogP contribution is -2.29. The van der Waals surface area contributed by atoms with E-state index in [0.29, 0.717) is 13.0 Å². The zero-order chi connectivity index (χ0) is 14.5. The number of carbonyl (C=O) groups excluding carboxylic acids is 1. The van der Waals surface area contributed by atoms with Crippen molar-refractivity contribution in [1.82, 2.24) is 4.90 Å². The van der Waals surface area contributed by atoms with Crippen LogP contribution in [0.2, 0.25) is 0 Å². The maximum absolute atomic E-state index is 12.1. The van der Waals surface area contributed by atoms with Crippen molar-refractivity contribution < 1.29 is 9.21 Å². The van der Waals surface area contributed by atoms with Gasteiger partial charge < -0.3 is 15.1 Å². The minimum absolute atomic E-state index is 0.00964. The molecule has 1 atom stereocenters. The third-order valence-electron chi connectivity index (χ3n) is 3.24. The van der Waals surface area contributed by atoms with E-state index in [0.717, 1.165) is 17.1 Å². The van der Waals surface area contributed by atoms with Gasteiger partial charge in [0.05, 0.1) is 6.54 Å². The van der Waals surface area contributed by atoms with E-state index >= 15 is 0 Å². The van der Waals surface area contributed by atoms with Gasteiger partial charge in [-0.05, 0) is 24.6 Å². The molecule has 106 valence electrons. The maximum Gasteiger partial charge on any atom is 0.224 e. The zero-order valence-electron chi connectivity index (χ0n) is 11.9. The predicted molar refractivity (Wildman–Crippen MR) is 77.9 cm³/mol. The summed E-state index contributed by atoms with van der Waals surface area (Å²) in [5.74, 6) is 1.64. The second-order valence-corrected chi connectivity index (χ2v) is 4.98. The Morgan fingerprint density at radius 3 is 2.55 bits per heavy atom. The largest absolute Gasteiger partial charge is 0.464 e. The van der Waals surface area contributed by atoms with Gasteiger partial charge in [-0.25, -0.2) is 0 Å². The highest BCUT2D eigenvalue weighted by Crippen LogP contribution is 2.15. The van der Waals surface area contributed by atoms with Gasteiger partial charge in [0.2, 0.25) is 5.91 Å². The zero-order valence-corrected chi connectivity index (χ0v) is 11.9. The third-order valence-corrected chi connectivity index (χ3v) is 3.24. The number of hydrogen-bond donors (Lipinski definition) is 1. The molecule has 1 heterocycles. The van der Waals surface area contributed by atoms with Crippen molar-refractivity contribution in [2.75, 3.05) is 7.05 Å². The van der Waals surface area contributed by atoms with Crippen LogP contribution < -0.4 is 5.73 Å². The molecule has 2 aromatic rings. The molecule has 0 radical (unpaired) electrons. The van der Waals surface area contributed by atoms with E-state index in [-0.39, 0.29) is 11.9 Å². The van der Waals surface area contributed by atoms with Crippen LogP contribution in [0.4, 0.5) is 0 Å². The van der Waals surface area contributed by atoms with Crippen molar-refractivity contribution >= 4 is 5.91 Å². The van der Waals surface area contributed by atoms with Gasteiger partial charge in [0, 0.05) is 19.5 Å². The van der Waals surface area contributed by atoms with E-state index in [1.165, 1.54) is 0 Å². The van der Waals surface area contributed by atoms with Gasteiger partial charge in [-0.2, -0.15) is 0 Å². The molecule has 4 nitrogen and oxygen atoms in total. The summed E-state index contributed by atoms with van der Waals surface area (Å²) in [7, 11) is 1.76. The molecule has 0 aliphatic rings. The van der Waals surface area contributed by atoms with Crippen molar-refractivity contribution in [2.24, 2.45) is 5.73 Å². The summed E-state index contributed by atoms with van der Waals surface area (Å²) in [6, 6.07) is 13.2. The minimum atomic E-state index is -0.274. The SMILES string of the molecule is Cc1ccc(CN(C)C(=O)CC(N)c2ccccc2)o1. The Morgan fingerprint density at radius 1 is 1.25 bits per heavy atom. The molecule has 1 amide bonds. The highest BCUT2D eigenvalue weighted by Gasteiger charge is 2.16. The molecule has 0 bridgehead atoms. The molecule has 1 aromatic carbocycles. The smallest absolute Gasteiger partial charge is 0.224 e. The van der Waals surface area contributed by atoms with Crippen molar-refractivity contribution in [3.8, 4) is 0 Å². The quantitative estimate of drug-likeness (QED) is 0.910. The van der Waals surface area contributed by atoms with E-state index in [2.05, 4.69) is 0 Å². The molecule has 0 saturated carbocycles. The highest BCUT2D eigenvalue weighted by atomic mass is 16.3. The van der Waals surface area contributed by atoms with Gasteiger partial charge in [-0.1, -0.05) is 30.3 Å². The number of aryl methyl sites for hydroxylation is 1. The Balaban J connectivity index is 1.91. The average Bonchev–Trinajstić information content (AvgIpc) is 2.85. The van der Waals surface area contributed by atoms with Crippen LogP contribution >= 0.6 is 0 Å². The molecule has 0 saturated heterocycles. The van der Waals surface area contributed by atoms with E-state index in [4.69, 9.17) is 10.2 Å². The number of carbonyl (C=O) groups is 1. The van der Waals surface area contributed by atoms with Crippen LogP contribution in [-0.2, 0) is 11.3 Å². The van der Waals surface area contributed by atoms with Crippen LogP contribution in [0.3, 0.4) is 0 Å². The van der Waals surface area contributed by atoms with Gasteiger partial charge in [-0.15, -0.1) is 0 Å². The molecular weight excluding hydrogens is 252 g/mol. The Hall–Kier alpha value is -2.07. The lowest BCUT2D eigenvalue weighted by Gasteiger charge is -2.18. The van der Waals surface area contributed by atoms with Gasteiger partial charge in [0.1, 0.15) is 11.5 Å². The third kappa shape index (κ3) is 3.71. The summed E-state index contributed by atoms with van der Waals surface area (Å²) >= 11 is 0. The summed E-state index contributed by atoms with van der Waals surface area (Å²) in [6.45, 7) is 2.35. The lowest BCUT2D eigenvalue weighted by atomic mass is 10.0. The maximum atomic E-state index is 12.1. The lowest BCUT2D eigenvalue weighted by molar-refractivity contribution is -0.131. The standard InChI is InChI=1S/C16H20N2O2/c1-12-8-9-14(20-12)11-18(2)16(19)10-15(17)13-6-4-3-5-7-13/h3-9,15H,10-11,17H2,1-2H3. The molecule has 20 heavy (non-hydrogen) atoms. The van der Waals surface area contributed by atoms with Crippen LogP contribution in [0.25, 0.3) is 0 Å². The molecule has 0 aliphatic carbocycles. The Kier molecular flexibility index (Phi) is 4.58. The normalized spacial score (nSPS) is 12.2. The number of benzene rings is 1. The van der Waals surface area contributed by atoms with Crippen LogP contribution in [-0.4, -0.2) is 17.9 Å². The van der Waals surface area contributed by atoms with E-state index in [9.17, 15) is 4.79 Å². The summed E-state index contributed by atoms with van der Waals surface area (Å²) in [6.07, 6.45) is 0.292. The molecule has 1 unspecified atom stereocenters. The van der Waals surface area contributed by atoms with Crippen LogP contribution in [0, 0.1) is 6.92 Å². The highest BCUT2D eigenvalue weighted by molar-refractivity contribution is 5.76. The molecule has 2 N–H and O–H groups in total. The fourth-order valence-corrected chi connectivity index (χ4v) is 2.05. The van der Waals surface area contributed by atoms with Crippen LogP contribution in [0.15, 0.2) is 46.9 Å². The number of nitrogens with zero attached hydrogens (tertiary/aromatic N) is 1. The summed E-state index contributed by atoms with van der Waals surface area (Å²) in [5, 5.41) is 0. The van der Waals surface area contributed by atoms with E-state index in [1.807, 2.05) is 49.4 Å². The van der Waals surface area contributed by atoms with Crippen LogP contribution in [0.1, 0.15) is 29.5 Å². The van der Waals surface area contributed by atoms with Crippen molar-refractivity contribution in [2.45, 2.75) is 25.9 Å². The van der Waals surface area contributed by atoms with E-state index in [1.54, 1.807) is 11.9 Å². The molecule has 4 heteroatoms. The molecule has 2 rings (SSSR count). The van der Waals surface area contributed by atoms with Gasteiger partial charge in [0.15, 0.2) is 0 Å². The Bertz CT molecular complexity index is 563. The first kappa shape index (κ1) is 14.3. The number of amides is 1. The predicted octanol–water partition coefficient (Wildman–Crippen LogP) is 2.64. The van der Waals surface area contributed by atoms with Gasteiger partial charge >= 0.3 is 0 Å². The molecule has 0 fully saturated rings. The van der Waals surface area contributed by atoms with Crippen molar-refractivity contribution in [1.29, 1.82) is 0 Å². The monoisotopic (exact) mass is 272 g/mol. The van der Waals surface area contributed by atoms with Crippen molar-refractivity contribution in [3.05, 3.63) is 59.5 Å². The van der Waals surface area contributed by atoms with Gasteiger partial charge in [0.25, 0.3) is 0 Å². The topological polar surface area (TPSA) is 59.5 Å². The minimum Gasteiger partial charge on any atom is -0.464 e. The Labute approximate surface area is 119 Å². The molecular formula is C16H20N2O2. The first-order chi connectivity index (χ1) is 9.56. The van der Waals surface area contributed by atoms with E-state index < -0.39 is 0 Å². The number of rotatable bonds is 5. The molecule has 0 spiro atoms. The second-order valence-electron chi connectivity index (χ2n) is 4.98. The fourth-order valence-electron chi connectivity index (χ4n) is 2.05. The van der Waals surface area contributed by atoms with Crippen LogP contribution in [0.5, 0.6) is 0 Å². The number of furan rings is 1. The first-order valence-corrected chi connectivity index (χ1v) is 6.66. The summed E-state index contributed by atoms with van der Waals surface area (Å²) in [4.78, 5) is 13.8. The fraction of sp³-hybridized carbons (Fsp3) is 0.312. The second kappa shape index (κ2) is 6.39.